The molecular formula is C14H13FO2. The van der Waals surface area contributed by atoms with Crippen LogP contribution in [0, 0.1) is 26.6 Å². The zero-order valence-corrected chi connectivity index (χ0v) is 10.0. The number of hydrogen-bond acceptors (Lipinski definition) is 2. The molecule has 0 spiro atoms. The van der Waals surface area contributed by atoms with Crippen LogP contribution in [-0.2, 0) is 0 Å². The maximum atomic E-state index is 12.8. The molecule has 0 aliphatic rings. The summed E-state index contributed by atoms with van der Waals surface area (Å²) in [5, 5.41) is 0. The molecule has 0 unspecified atom stereocenters. The zero-order chi connectivity index (χ0) is 12.6. The molecule has 0 atom stereocenters. The van der Waals surface area contributed by atoms with Crippen molar-refractivity contribution in [3.8, 4) is 0 Å². The van der Waals surface area contributed by atoms with E-state index in [1.54, 1.807) is 6.92 Å². The van der Waals surface area contributed by atoms with Crippen molar-refractivity contribution in [3.63, 3.8) is 0 Å². The van der Waals surface area contributed by atoms with Gasteiger partial charge in [-0.25, -0.2) is 4.39 Å². The van der Waals surface area contributed by atoms with Crippen molar-refractivity contribution in [3.05, 3.63) is 58.3 Å². The Morgan fingerprint density at radius 1 is 1.06 bits per heavy atom. The van der Waals surface area contributed by atoms with Gasteiger partial charge in [0.1, 0.15) is 17.3 Å². The molecule has 0 saturated heterocycles. The fourth-order valence-electron chi connectivity index (χ4n) is 1.87. The molecule has 3 heteroatoms. The van der Waals surface area contributed by atoms with Gasteiger partial charge in [-0.3, -0.25) is 4.79 Å². The summed E-state index contributed by atoms with van der Waals surface area (Å²) < 4.78 is 18.2. The molecule has 0 aliphatic heterocycles. The third-order valence-electron chi connectivity index (χ3n) is 2.89. The summed E-state index contributed by atoms with van der Waals surface area (Å²) in [6, 6.07) is 5.54. The highest BCUT2D eigenvalue weighted by molar-refractivity contribution is 6.10. The SMILES string of the molecule is Cc1oc(C)c(C(=O)c2ccc(F)cc2)c1C. The van der Waals surface area contributed by atoms with Gasteiger partial charge in [0.2, 0.25) is 0 Å². The summed E-state index contributed by atoms with van der Waals surface area (Å²) in [7, 11) is 0. The average Bonchev–Trinajstić information content (AvgIpc) is 2.53. The topological polar surface area (TPSA) is 30.2 Å². The highest BCUT2D eigenvalue weighted by Crippen LogP contribution is 2.23. The predicted octanol–water partition coefficient (Wildman–Crippen LogP) is 3.57. The van der Waals surface area contributed by atoms with Crippen LogP contribution in [0.3, 0.4) is 0 Å². The van der Waals surface area contributed by atoms with Gasteiger partial charge in [-0.2, -0.15) is 0 Å². The lowest BCUT2D eigenvalue weighted by Crippen LogP contribution is -2.03. The summed E-state index contributed by atoms with van der Waals surface area (Å²) in [5.41, 5.74) is 1.89. The summed E-state index contributed by atoms with van der Waals surface area (Å²) in [4.78, 5) is 12.2. The molecule has 0 saturated carbocycles. The third kappa shape index (κ3) is 2.00. The Balaban J connectivity index is 2.47. The van der Waals surface area contributed by atoms with Gasteiger partial charge in [0.05, 0.1) is 5.56 Å². The smallest absolute Gasteiger partial charge is 0.196 e. The first-order valence-electron chi connectivity index (χ1n) is 5.37. The Morgan fingerprint density at radius 3 is 2.12 bits per heavy atom. The highest BCUT2D eigenvalue weighted by Gasteiger charge is 2.19. The second kappa shape index (κ2) is 4.17. The standard InChI is InChI=1S/C14H13FO2/c1-8-9(2)17-10(3)13(8)14(16)11-4-6-12(15)7-5-11/h4-7H,1-3H3. The van der Waals surface area contributed by atoms with Gasteiger partial charge in [-0.05, 0) is 45.0 Å². The first-order valence-corrected chi connectivity index (χ1v) is 5.37. The van der Waals surface area contributed by atoms with Gasteiger partial charge < -0.3 is 4.42 Å². The molecule has 1 aromatic carbocycles. The molecular weight excluding hydrogens is 219 g/mol. The predicted molar refractivity (Wildman–Crippen MR) is 62.8 cm³/mol. The van der Waals surface area contributed by atoms with Gasteiger partial charge in [0.25, 0.3) is 0 Å². The van der Waals surface area contributed by atoms with Crippen LogP contribution >= 0.6 is 0 Å². The van der Waals surface area contributed by atoms with E-state index in [2.05, 4.69) is 0 Å². The van der Waals surface area contributed by atoms with Crippen LogP contribution in [0.4, 0.5) is 4.39 Å². The van der Waals surface area contributed by atoms with Crippen molar-refractivity contribution in [2.75, 3.05) is 0 Å². The molecule has 2 nitrogen and oxygen atoms in total. The van der Waals surface area contributed by atoms with E-state index in [0.29, 0.717) is 16.9 Å². The number of carbonyl (C=O) groups is 1. The molecule has 0 aliphatic carbocycles. The van der Waals surface area contributed by atoms with Crippen LogP contribution in [0.5, 0.6) is 0 Å². The van der Waals surface area contributed by atoms with E-state index in [4.69, 9.17) is 4.42 Å². The van der Waals surface area contributed by atoms with Crippen LogP contribution in [0.15, 0.2) is 28.7 Å². The normalized spacial score (nSPS) is 10.6. The minimum absolute atomic E-state index is 0.128. The van der Waals surface area contributed by atoms with Gasteiger partial charge in [0.15, 0.2) is 5.78 Å². The Bertz CT molecular complexity index is 565. The number of aryl methyl sites for hydroxylation is 2. The number of hydrogen-bond donors (Lipinski definition) is 0. The second-order valence-electron chi connectivity index (χ2n) is 4.05. The molecule has 0 N–H and O–H groups in total. The Morgan fingerprint density at radius 2 is 1.65 bits per heavy atom. The van der Waals surface area contributed by atoms with E-state index in [0.717, 1.165) is 11.3 Å². The molecule has 0 amide bonds. The Labute approximate surface area is 99.1 Å². The molecule has 1 aromatic heterocycles. The number of halogens is 1. The molecule has 0 radical (unpaired) electrons. The fraction of sp³-hybridized carbons (Fsp3) is 0.214. The van der Waals surface area contributed by atoms with Gasteiger partial charge in [0, 0.05) is 11.1 Å². The minimum atomic E-state index is -0.349. The van der Waals surface area contributed by atoms with Crippen LogP contribution in [-0.4, -0.2) is 5.78 Å². The van der Waals surface area contributed by atoms with Gasteiger partial charge >= 0.3 is 0 Å². The number of carbonyl (C=O) groups excluding carboxylic acids is 1. The van der Waals surface area contributed by atoms with E-state index in [9.17, 15) is 9.18 Å². The quantitative estimate of drug-likeness (QED) is 0.741. The zero-order valence-electron chi connectivity index (χ0n) is 10.0. The number of benzene rings is 1. The fourth-order valence-corrected chi connectivity index (χ4v) is 1.87. The second-order valence-corrected chi connectivity index (χ2v) is 4.05. The monoisotopic (exact) mass is 232 g/mol. The molecule has 2 rings (SSSR count). The lowest BCUT2D eigenvalue weighted by molar-refractivity contribution is 0.103. The number of rotatable bonds is 2. The maximum absolute atomic E-state index is 12.8. The molecule has 88 valence electrons. The van der Waals surface area contributed by atoms with E-state index in [1.165, 1.54) is 24.3 Å². The molecule has 1 heterocycles. The van der Waals surface area contributed by atoms with Crippen LogP contribution in [0.25, 0.3) is 0 Å². The van der Waals surface area contributed by atoms with Crippen molar-refractivity contribution in [2.24, 2.45) is 0 Å². The van der Waals surface area contributed by atoms with Crippen molar-refractivity contribution in [2.45, 2.75) is 20.8 Å². The maximum Gasteiger partial charge on any atom is 0.196 e. The summed E-state index contributed by atoms with van der Waals surface area (Å²) in [6.07, 6.45) is 0. The molecule has 2 aromatic rings. The lowest BCUT2D eigenvalue weighted by Gasteiger charge is -2.01. The van der Waals surface area contributed by atoms with Crippen LogP contribution < -0.4 is 0 Å². The van der Waals surface area contributed by atoms with Crippen molar-refractivity contribution < 1.29 is 13.6 Å². The van der Waals surface area contributed by atoms with E-state index in [-0.39, 0.29) is 11.6 Å². The van der Waals surface area contributed by atoms with Crippen LogP contribution in [0.2, 0.25) is 0 Å². The summed E-state index contributed by atoms with van der Waals surface area (Å²) in [5.74, 6) is 0.873. The summed E-state index contributed by atoms with van der Waals surface area (Å²) >= 11 is 0. The van der Waals surface area contributed by atoms with Crippen molar-refractivity contribution in [1.82, 2.24) is 0 Å². The van der Waals surface area contributed by atoms with Crippen LogP contribution in [0.1, 0.15) is 33.0 Å². The largest absolute Gasteiger partial charge is 0.466 e. The Hall–Kier alpha value is -1.90. The van der Waals surface area contributed by atoms with E-state index in [1.807, 2.05) is 13.8 Å². The first-order chi connectivity index (χ1) is 8.00. The molecule has 0 bridgehead atoms. The first kappa shape index (κ1) is 11.6. The Kier molecular flexibility index (Phi) is 2.84. The van der Waals surface area contributed by atoms with E-state index >= 15 is 0 Å². The third-order valence-corrected chi connectivity index (χ3v) is 2.89. The van der Waals surface area contributed by atoms with E-state index < -0.39 is 0 Å². The van der Waals surface area contributed by atoms with Crippen molar-refractivity contribution >= 4 is 5.78 Å². The van der Waals surface area contributed by atoms with Gasteiger partial charge in [-0.15, -0.1) is 0 Å². The minimum Gasteiger partial charge on any atom is -0.466 e. The average molecular weight is 232 g/mol. The number of furan rings is 1. The molecule has 0 fully saturated rings. The van der Waals surface area contributed by atoms with Crippen molar-refractivity contribution in [1.29, 1.82) is 0 Å². The highest BCUT2D eigenvalue weighted by atomic mass is 19.1. The number of ketones is 1. The van der Waals surface area contributed by atoms with Gasteiger partial charge in [-0.1, -0.05) is 0 Å². The summed E-state index contributed by atoms with van der Waals surface area (Å²) in [6.45, 7) is 5.43. The lowest BCUT2D eigenvalue weighted by atomic mass is 10.00. The molecule has 17 heavy (non-hydrogen) atoms.